The summed E-state index contributed by atoms with van der Waals surface area (Å²) in [5.74, 6) is 0.892. The summed E-state index contributed by atoms with van der Waals surface area (Å²) in [4.78, 5) is 0. The maximum absolute atomic E-state index is 6.00. The van der Waals surface area contributed by atoms with E-state index >= 15 is 0 Å². The Balaban J connectivity index is 2.13. The molecule has 1 aromatic carbocycles. The number of furan rings is 1. The van der Waals surface area contributed by atoms with Crippen molar-refractivity contribution in [2.45, 2.75) is 12.3 Å². The van der Waals surface area contributed by atoms with E-state index in [1.165, 1.54) is 11.1 Å². The molecule has 3 heteroatoms. The lowest BCUT2D eigenvalue weighted by molar-refractivity contribution is 0.562. The van der Waals surface area contributed by atoms with E-state index in [4.69, 9.17) is 27.6 Å². The first kappa shape index (κ1) is 11.6. The number of halogens is 2. The lowest BCUT2D eigenvalue weighted by Gasteiger charge is -2.13. The molecule has 1 heterocycles. The second-order valence-electron chi connectivity index (χ2n) is 3.74. The molecule has 0 bridgehead atoms. The van der Waals surface area contributed by atoms with Crippen molar-refractivity contribution in [1.29, 1.82) is 0 Å². The lowest BCUT2D eigenvalue weighted by Crippen LogP contribution is -2.03. The van der Waals surface area contributed by atoms with Crippen molar-refractivity contribution in [1.82, 2.24) is 0 Å². The zero-order chi connectivity index (χ0) is 11.4. The van der Waals surface area contributed by atoms with Crippen LogP contribution < -0.4 is 0 Å². The standard InChI is InChI=1S/C13H12Cl2O/c14-8-12(7-10-5-6-16-9-10)11-1-3-13(15)4-2-11/h1-6,9,12H,7-8H2. The molecule has 0 saturated carbocycles. The van der Waals surface area contributed by atoms with Gasteiger partial charge in [0.2, 0.25) is 0 Å². The molecule has 0 aliphatic rings. The average Bonchev–Trinajstić information content (AvgIpc) is 2.80. The highest BCUT2D eigenvalue weighted by molar-refractivity contribution is 6.30. The number of rotatable bonds is 4. The van der Waals surface area contributed by atoms with Crippen LogP contribution in [0.2, 0.25) is 5.02 Å². The number of hydrogen-bond acceptors (Lipinski definition) is 1. The highest BCUT2D eigenvalue weighted by Gasteiger charge is 2.11. The van der Waals surface area contributed by atoms with Gasteiger partial charge in [-0.15, -0.1) is 11.6 Å². The van der Waals surface area contributed by atoms with Gasteiger partial charge in [-0.1, -0.05) is 23.7 Å². The Morgan fingerprint density at radius 1 is 1.12 bits per heavy atom. The van der Waals surface area contributed by atoms with E-state index in [2.05, 4.69) is 0 Å². The Hall–Kier alpha value is -0.920. The van der Waals surface area contributed by atoms with Gasteiger partial charge in [0.15, 0.2) is 0 Å². The smallest absolute Gasteiger partial charge is 0.0934 e. The highest BCUT2D eigenvalue weighted by Crippen LogP contribution is 2.24. The Kier molecular flexibility index (Phi) is 3.92. The van der Waals surface area contributed by atoms with Gasteiger partial charge in [0.05, 0.1) is 12.5 Å². The molecule has 1 atom stereocenters. The largest absolute Gasteiger partial charge is 0.472 e. The number of alkyl halides is 1. The predicted molar refractivity (Wildman–Crippen MR) is 67.3 cm³/mol. The molecule has 0 saturated heterocycles. The minimum absolute atomic E-state index is 0.302. The Morgan fingerprint density at radius 3 is 2.44 bits per heavy atom. The summed E-state index contributed by atoms with van der Waals surface area (Å²) in [6.45, 7) is 0. The summed E-state index contributed by atoms with van der Waals surface area (Å²) in [6.07, 6.45) is 4.33. The van der Waals surface area contributed by atoms with Gasteiger partial charge >= 0.3 is 0 Å². The van der Waals surface area contributed by atoms with Crippen molar-refractivity contribution in [3.05, 3.63) is 59.0 Å². The predicted octanol–water partition coefficient (Wildman–Crippen LogP) is 4.50. The molecule has 0 radical (unpaired) electrons. The van der Waals surface area contributed by atoms with Gasteiger partial charge in [-0.3, -0.25) is 0 Å². The fourth-order valence-electron chi connectivity index (χ4n) is 1.69. The Morgan fingerprint density at radius 2 is 1.88 bits per heavy atom. The first-order chi connectivity index (χ1) is 7.79. The summed E-state index contributed by atoms with van der Waals surface area (Å²) in [5, 5.41) is 0.750. The van der Waals surface area contributed by atoms with Gasteiger partial charge in [0.1, 0.15) is 0 Å². The monoisotopic (exact) mass is 254 g/mol. The van der Waals surface area contributed by atoms with Crippen LogP contribution in [-0.4, -0.2) is 5.88 Å². The van der Waals surface area contributed by atoms with Crippen molar-refractivity contribution >= 4 is 23.2 Å². The van der Waals surface area contributed by atoms with Gasteiger partial charge in [-0.25, -0.2) is 0 Å². The van der Waals surface area contributed by atoms with Gasteiger partial charge in [-0.2, -0.15) is 0 Å². The third-order valence-electron chi connectivity index (χ3n) is 2.59. The van der Waals surface area contributed by atoms with Crippen molar-refractivity contribution in [2.75, 3.05) is 5.88 Å². The molecule has 0 aliphatic carbocycles. The first-order valence-electron chi connectivity index (χ1n) is 5.12. The number of benzene rings is 1. The van der Waals surface area contributed by atoms with E-state index in [0.29, 0.717) is 11.8 Å². The SMILES string of the molecule is ClCC(Cc1ccoc1)c1ccc(Cl)cc1. The van der Waals surface area contributed by atoms with Crippen LogP contribution >= 0.6 is 23.2 Å². The summed E-state index contributed by atoms with van der Waals surface area (Å²) >= 11 is 11.8. The minimum atomic E-state index is 0.302. The summed E-state index contributed by atoms with van der Waals surface area (Å²) < 4.78 is 5.05. The molecule has 2 rings (SSSR count). The van der Waals surface area contributed by atoms with Gasteiger partial charge in [0.25, 0.3) is 0 Å². The van der Waals surface area contributed by atoms with Crippen LogP contribution in [0.25, 0.3) is 0 Å². The van der Waals surface area contributed by atoms with Crippen molar-refractivity contribution in [2.24, 2.45) is 0 Å². The summed E-state index contributed by atoms with van der Waals surface area (Å²) in [5.41, 5.74) is 2.38. The van der Waals surface area contributed by atoms with Crippen LogP contribution in [0.3, 0.4) is 0 Å². The van der Waals surface area contributed by atoms with Gasteiger partial charge in [-0.05, 0) is 35.7 Å². The number of hydrogen-bond donors (Lipinski definition) is 0. The quantitative estimate of drug-likeness (QED) is 0.733. The maximum Gasteiger partial charge on any atom is 0.0934 e. The van der Waals surface area contributed by atoms with Gasteiger partial charge < -0.3 is 4.42 Å². The van der Waals surface area contributed by atoms with Crippen LogP contribution in [-0.2, 0) is 6.42 Å². The molecule has 1 aromatic heterocycles. The molecular formula is C13H12Cl2O. The average molecular weight is 255 g/mol. The third kappa shape index (κ3) is 2.81. The molecular weight excluding hydrogens is 243 g/mol. The fourth-order valence-corrected chi connectivity index (χ4v) is 2.10. The van der Waals surface area contributed by atoms with E-state index in [1.807, 2.05) is 30.3 Å². The van der Waals surface area contributed by atoms with E-state index in [1.54, 1.807) is 12.5 Å². The van der Waals surface area contributed by atoms with Crippen LogP contribution in [0, 0.1) is 0 Å². The second kappa shape index (κ2) is 5.42. The van der Waals surface area contributed by atoms with Crippen LogP contribution in [0.4, 0.5) is 0 Å². The van der Waals surface area contributed by atoms with Crippen molar-refractivity contribution < 1.29 is 4.42 Å². The topological polar surface area (TPSA) is 13.1 Å². The van der Waals surface area contributed by atoms with Gasteiger partial charge in [0, 0.05) is 16.8 Å². The molecule has 0 aliphatic heterocycles. The van der Waals surface area contributed by atoms with Crippen molar-refractivity contribution in [3.63, 3.8) is 0 Å². The van der Waals surface area contributed by atoms with Crippen LogP contribution in [0.15, 0.2) is 47.3 Å². The van der Waals surface area contributed by atoms with E-state index in [0.717, 1.165) is 11.4 Å². The first-order valence-corrected chi connectivity index (χ1v) is 6.03. The summed E-state index contributed by atoms with van der Waals surface area (Å²) in [7, 11) is 0. The molecule has 84 valence electrons. The maximum atomic E-state index is 6.00. The summed E-state index contributed by atoms with van der Waals surface area (Å²) in [6, 6.07) is 9.80. The molecule has 0 spiro atoms. The van der Waals surface area contributed by atoms with Crippen molar-refractivity contribution in [3.8, 4) is 0 Å². The Bertz CT molecular complexity index is 420. The van der Waals surface area contributed by atoms with E-state index < -0.39 is 0 Å². The minimum Gasteiger partial charge on any atom is -0.472 e. The third-order valence-corrected chi connectivity index (χ3v) is 3.21. The Labute approximate surface area is 105 Å². The molecule has 1 nitrogen and oxygen atoms in total. The van der Waals surface area contributed by atoms with E-state index in [9.17, 15) is 0 Å². The second-order valence-corrected chi connectivity index (χ2v) is 4.48. The molecule has 0 amide bonds. The van der Waals surface area contributed by atoms with Crippen LogP contribution in [0.1, 0.15) is 17.0 Å². The molecule has 1 unspecified atom stereocenters. The molecule has 16 heavy (non-hydrogen) atoms. The van der Waals surface area contributed by atoms with Crippen LogP contribution in [0.5, 0.6) is 0 Å². The zero-order valence-electron chi connectivity index (χ0n) is 8.70. The molecule has 2 aromatic rings. The lowest BCUT2D eigenvalue weighted by atomic mass is 9.95. The van der Waals surface area contributed by atoms with E-state index in [-0.39, 0.29) is 0 Å². The fraction of sp³-hybridized carbons (Fsp3) is 0.231. The molecule has 0 fully saturated rings. The zero-order valence-corrected chi connectivity index (χ0v) is 10.2. The highest BCUT2D eigenvalue weighted by atomic mass is 35.5. The molecule has 0 N–H and O–H groups in total. The normalized spacial score (nSPS) is 12.6.